The minimum Gasteiger partial charge on any atom is -0.357 e. The number of hydrogen-bond acceptors (Lipinski definition) is 3. The van der Waals surface area contributed by atoms with Gasteiger partial charge in [-0.3, -0.25) is 19.4 Å². The van der Waals surface area contributed by atoms with Crippen molar-refractivity contribution in [2.75, 3.05) is 9.80 Å². The Kier molecular flexibility index (Phi) is 4.63. The lowest BCUT2D eigenvalue weighted by atomic mass is 10.1. The Morgan fingerprint density at radius 2 is 1.29 bits per heavy atom. The second kappa shape index (κ2) is 7.25. The molecule has 0 spiro atoms. The zero-order valence-corrected chi connectivity index (χ0v) is 16.0. The Balaban J connectivity index is 1.86. The van der Waals surface area contributed by atoms with Gasteiger partial charge in [0.05, 0.1) is 11.4 Å². The summed E-state index contributed by atoms with van der Waals surface area (Å²) < 4.78 is 1.86. The molecular formula is C22H17N3O2S. The van der Waals surface area contributed by atoms with E-state index in [2.05, 4.69) is 0 Å². The van der Waals surface area contributed by atoms with Gasteiger partial charge in [-0.15, -0.1) is 0 Å². The van der Waals surface area contributed by atoms with Gasteiger partial charge in [-0.2, -0.15) is 0 Å². The van der Waals surface area contributed by atoms with Crippen LogP contribution in [0.15, 0.2) is 84.7 Å². The number of nitrogens with zero attached hydrogens (tertiary/aromatic N) is 3. The topological polar surface area (TPSA) is 45.6 Å². The van der Waals surface area contributed by atoms with Gasteiger partial charge in [-0.25, -0.2) is 0 Å². The lowest BCUT2D eigenvalue weighted by molar-refractivity contribution is -0.120. The first-order chi connectivity index (χ1) is 13.6. The highest BCUT2D eigenvalue weighted by molar-refractivity contribution is 7.81. The average molecular weight is 387 g/mol. The highest BCUT2D eigenvalue weighted by atomic mass is 32.1. The summed E-state index contributed by atoms with van der Waals surface area (Å²) in [5.74, 6) is -0.866. The molecule has 1 aliphatic rings. The molecule has 1 aromatic heterocycles. The molecule has 0 atom stereocenters. The SMILES string of the molecule is Cn1ccc(C=C2C(=O)N(c3ccccc3)C(=S)N(c3ccccc3)C2=O)c1. The molecule has 1 aliphatic heterocycles. The van der Waals surface area contributed by atoms with Gasteiger partial charge in [0.15, 0.2) is 5.11 Å². The average Bonchev–Trinajstić information content (AvgIpc) is 3.12. The number of anilines is 2. The van der Waals surface area contributed by atoms with Crippen LogP contribution in [-0.2, 0) is 16.6 Å². The zero-order valence-electron chi connectivity index (χ0n) is 15.1. The standard InChI is InChI=1S/C22H17N3O2S/c1-23-13-12-16(15-23)14-19-20(26)24(17-8-4-2-5-9-17)22(28)25(21(19)27)18-10-6-3-7-11-18/h2-15H,1H3. The highest BCUT2D eigenvalue weighted by Crippen LogP contribution is 2.29. The van der Waals surface area contributed by atoms with Crippen molar-refractivity contribution in [3.63, 3.8) is 0 Å². The van der Waals surface area contributed by atoms with Crippen molar-refractivity contribution < 1.29 is 9.59 Å². The van der Waals surface area contributed by atoms with Crippen LogP contribution in [0.25, 0.3) is 6.08 Å². The van der Waals surface area contributed by atoms with Crippen LogP contribution in [0.4, 0.5) is 11.4 Å². The number of rotatable bonds is 3. The molecule has 1 fully saturated rings. The van der Waals surface area contributed by atoms with Crippen molar-refractivity contribution in [3.8, 4) is 0 Å². The number of para-hydroxylation sites is 2. The number of carbonyl (C=O) groups excluding carboxylic acids is 2. The monoisotopic (exact) mass is 387 g/mol. The molecule has 0 saturated carbocycles. The fourth-order valence-corrected chi connectivity index (χ4v) is 3.49. The van der Waals surface area contributed by atoms with Crippen LogP contribution in [-0.4, -0.2) is 21.5 Å². The molecule has 0 bridgehead atoms. The van der Waals surface area contributed by atoms with Crippen LogP contribution >= 0.6 is 12.2 Å². The summed E-state index contributed by atoms with van der Waals surface area (Å²) in [6.07, 6.45) is 5.32. The minimum atomic E-state index is -0.433. The number of benzene rings is 2. The lowest BCUT2D eigenvalue weighted by Gasteiger charge is -2.36. The Morgan fingerprint density at radius 1 is 0.786 bits per heavy atom. The predicted octanol–water partition coefficient (Wildman–Crippen LogP) is 3.77. The van der Waals surface area contributed by atoms with Crippen molar-refractivity contribution in [2.45, 2.75) is 0 Å². The second-order valence-corrected chi connectivity index (χ2v) is 6.77. The third-order valence-corrected chi connectivity index (χ3v) is 4.81. The van der Waals surface area contributed by atoms with Crippen LogP contribution in [0, 0.1) is 0 Å². The molecule has 6 heteroatoms. The molecule has 0 N–H and O–H groups in total. The molecule has 5 nitrogen and oxygen atoms in total. The maximum atomic E-state index is 13.3. The van der Waals surface area contributed by atoms with Gasteiger partial charge in [-0.05, 0) is 54.2 Å². The fraction of sp³-hybridized carbons (Fsp3) is 0.0455. The van der Waals surface area contributed by atoms with Crippen LogP contribution in [0.1, 0.15) is 5.56 Å². The highest BCUT2D eigenvalue weighted by Gasteiger charge is 2.41. The summed E-state index contributed by atoms with van der Waals surface area (Å²) in [6, 6.07) is 20.1. The third kappa shape index (κ3) is 3.14. The smallest absolute Gasteiger partial charge is 0.270 e. The Hall–Kier alpha value is -3.51. The van der Waals surface area contributed by atoms with Gasteiger partial charge in [0, 0.05) is 19.4 Å². The van der Waals surface area contributed by atoms with E-state index in [1.165, 1.54) is 9.80 Å². The van der Waals surface area contributed by atoms with Crippen molar-refractivity contribution >= 4 is 46.6 Å². The van der Waals surface area contributed by atoms with Crippen LogP contribution in [0.2, 0.25) is 0 Å². The van der Waals surface area contributed by atoms with Crippen molar-refractivity contribution in [1.82, 2.24) is 4.57 Å². The summed E-state index contributed by atoms with van der Waals surface area (Å²) in [5.41, 5.74) is 2.07. The van der Waals surface area contributed by atoms with E-state index in [9.17, 15) is 9.59 Å². The summed E-state index contributed by atoms with van der Waals surface area (Å²) >= 11 is 5.57. The van der Waals surface area contributed by atoms with Gasteiger partial charge >= 0.3 is 0 Å². The number of aryl methyl sites for hydroxylation is 1. The first kappa shape index (κ1) is 17.9. The molecule has 2 aromatic carbocycles. The normalized spacial score (nSPS) is 14.6. The van der Waals surface area contributed by atoms with E-state index in [0.717, 1.165) is 5.56 Å². The van der Waals surface area contributed by atoms with E-state index >= 15 is 0 Å². The molecule has 2 amide bonds. The number of hydrogen-bond donors (Lipinski definition) is 0. The van der Waals surface area contributed by atoms with E-state index in [4.69, 9.17) is 12.2 Å². The largest absolute Gasteiger partial charge is 0.357 e. The molecule has 0 radical (unpaired) electrons. The minimum absolute atomic E-state index is 0.0625. The molecule has 0 unspecified atom stereocenters. The number of thiocarbonyl (C=S) groups is 1. The molecule has 1 saturated heterocycles. The first-order valence-electron chi connectivity index (χ1n) is 8.73. The summed E-state index contributed by atoms with van der Waals surface area (Å²) in [7, 11) is 1.88. The van der Waals surface area contributed by atoms with E-state index in [1.807, 2.05) is 66.5 Å². The maximum Gasteiger partial charge on any atom is 0.270 e. The van der Waals surface area contributed by atoms with Crippen molar-refractivity contribution in [2.24, 2.45) is 7.05 Å². The lowest BCUT2D eigenvalue weighted by Crippen LogP contribution is -2.56. The second-order valence-electron chi connectivity index (χ2n) is 6.40. The van der Waals surface area contributed by atoms with Crippen molar-refractivity contribution in [3.05, 3.63) is 90.3 Å². The van der Waals surface area contributed by atoms with Gasteiger partial charge in [0.25, 0.3) is 11.8 Å². The van der Waals surface area contributed by atoms with Gasteiger partial charge in [0.1, 0.15) is 5.57 Å². The third-order valence-electron chi connectivity index (χ3n) is 4.44. The van der Waals surface area contributed by atoms with Gasteiger partial charge < -0.3 is 4.57 Å². The number of aromatic nitrogens is 1. The molecule has 2 heterocycles. The van der Waals surface area contributed by atoms with Gasteiger partial charge in [0.2, 0.25) is 0 Å². The van der Waals surface area contributed by atoms with E-state index in [-0.39, 0.29) is 10.7 Å². The summed E-state index contributed by atoms with van der Waals surface area (Å²) in [6.45, 7) is 0. The van der Waals surface area contributed by atoms with Crippen LogP contribution < -0.4 is 9.80 Å². The summed E-state index contributed by atoms with van der Waals surface area (Å²) in [4.78, 5) is 29.3. The van der Waals surface area contributed by atoms with Crippen LogP contribution in [0.5, 0.6) is 0 Å². The number of amides is 2. The Labute approximate surface area is 168 Å². The molecule has 0 aliphatic carbocycles. The summed E-state index contributed by atoms with van der Waals surface area (Å²) in [5, 5.41) is 0.137. The fourth-order valence-electron chi connectivity index (χ4n) is 3.12. The molecule has 3 aromatic rings. The zero-order chi connectivity index (χ0) is 19.7. The number of carbonyl (C=O) groups is 2. The molecule has 4 rings (SSSR count). The van der Waals surface area contributed by atoms with E-state index < -0.39 is 11.8 Å². The molecule has 138 valence electrons. The molecular weight excluding hydrogens is 370 g/mol. The quantitative estimate of drug-likeness (QED) is 0.390. The predicted molar refractivity (Wildman–Crippen MR) is 114 cm³/mol. The Bertz CT molecular complexity index is 1020. The van der Waals surface area contributed by atoms with Crippen molar-refractivity contribution in [1.29, 1.82) is 0 Å². The first-order valence-corrected chi connectivity index (χ1v) is 9.14. The maximum absolute atomic E-state index is 13.3. The molecule has 28 heavy (non-hydrogen) atoms. The van der Waals surface area contributed by atoms with Gasteiger partial charge in [-0.1, -0.05) is 36.4 Å². The van der Waals surface area contributed by atoms with E-state index in [1.54, 1.807) is 30.3 Å². The van der Waals surface area contributed by atoms with E-state index in [0.29, 0.717) is 11.4 Å². The Morgan fingerprint density at radius 3 is 1.71 bits per heavy atom. The van der Waals surface area contributed by atoms with Crippen LogP contribution in [0.3, 0.4) is 0 Å².